The Morgan fingerprint density at radius 2 is 2.00 bits per heavy atom. The van der Waals surface area contributed by atoms with Gasteiger partial charge in [0.1, 0.15) is 17.5 Å². The third-order valence-corrected chi connectivity index (χ3v) is 6.76. The topological polar surface area (TPSA) is 103 Å². The number of piperidine rings is 1. The van der Waals surface area contributed by atoms with Crippen LogP contribution < -0.4 is 4.74 Å². The SMILES string of the molecule is CC1(C)Oc2ccc(-c3nnnn3CCOCc3ccccc3)cc2C(N2CCCCC2=O)C1O. The Morgan fingerprint density at radius 1 is 1.17 bits per heavy atom. The van der Waals surface area contributed by atoms with E-state index in [1.165, 1.54) is 0 Å². The number of carbonyl (C=O) groups is 1. The smallest absolute Gasteiger partial charge is 0.223 e. The van der Waals surface area contributed by atoms with E-state index in [0.29, 0.717) is 44.3 Å². The highest BCUT2D eigenvalue weighted by molar-refractivity contribution is 5.78. The fourth-order valence-electron chi connectivity index (χ4n) is 4.84. The summed E-state index contributed by atoms with van der Waals surface area (Å²) < 4.78 is 13.7. The molecule has 0 bridgehead atoms. The van der Waals surface area contributed by atoms with Gasteiger partial charge >= 0.3 is 0 Å². The number of nitrogens with zero attached hydrogens (tertiary/aromatic N) is 5. The third-order valence-electron chi connectivity index (χ3n) is 6.76. The molecule has 2 aliphatic rings. The quantitative estimate of drug-likeness (QED) is 0.522. The zero-order valence-electron chi connectivity index (χ0n) is 20.1. The molecule has 1 aromatic heterocycles. The van der Waals surface area contributed by atoms with Crippen molar-refractivity contribution in [2.24, 2.45) is 0 Å². The number of rotatable bonds is 7. The molecule has 9 nitrogen and oxygen atoms in total. The summed E-state index contributed by atoms with van der Waals surface area (Å²) in [6.45, 7) is 5.80. The highest BCUT2D eigenvalue weighted by Gasteiger charge is 2.47. The number of benzene rings is 2. The Hall–Kier alpha value is -3.30. The predicted molar refractivity (Wildman–Crippen MR) is 128 cm³/mol. The van der Waals surface area contributed by atoms with Crippen molar-refractivity contribution >= 4 is 5.91 Å². The molecule has 0 radical (unpaired) electrons. The first-order chi connectivity index (χ1) is 16.9. The number of amides is 1. The van der Waals surface area contributed by atoms with Gasteiger partial charge in [-0.1, -0.05) is 30.3 Å². The molecule has 9 heteroatoms. The van der Waals surface area contributed by atoms with Crippen LogP contribution in [0.4, 0.5) is 0 Å². The van der Waals surface area contributed by atoms with E-state index in [-0.39, 0.29) is 5.91 Å². The average Bonchev–Trinajstić information content (AvgIpc) is 3.32. The maximum Gasteiger partial charge on any atom is 0.223 e. The maximum atomic E-state index is 12.8. The molecule has 1 fully saturated rings. The van der Waals surface area contributed by atoms with E-state index in [9.17, 15) is 9.90 Å². The lowest BCUT2D eigenvalue weighted by molar-refractivity contribution is -0.147. The van der Waals surface area contributed by atoms with Gasteiger partial charge in [-0.25, -0.2) is 4.68 Å². The van der Waals surface area contributed by atoms with Gasteiger partial charge in [-0.2, -0.15) is 0 Å². The summed E-state index contributed by atoms with van der Waals surface area (Å²) in [6, 6.07) is 15.2. The third kappa shape index (κ3) is 4.78. The molecule has 2 atom stereocenters. The van der Waals surface area contributed by atoms with Crippen molar-refractivity contribution in [2.45, 2.75) is 64.0 Å². The minimum absolute atomic E-state index is 0.0646. The van der Waals surface area contributed by atoms with E-state index in [2.05, 4.69) is 15.5 Å². The largest absolute Gasteiger partial charge is 0.485 e. The van der Waals surface area contributed by atoms with Crippen LogP contribution in [0.25, 0.3) is 11.4 Å². The number of likely N-dealkylation sites (tertiary alicyclic amines) is 1. The van der Waals surface area contributed by atoms with Gasteiger partial charge in [-0.05, 0) is 60.9 Å². The molecule has 5 rings (SSSR count). The van der Waals surface area contributed by atoms with Crippen LogP contribution in [0, 0.1) is 0 Å². The van der Waals surface area contributed by atoms with E-state index in [1.54, 1.807) is 9.58 Å². The van der Waals surface area contributed by atoms with Crippen LogP contribution in [0.2, 0.25) is 0 Å². The van der Waals surface area contributed by atoms with E-state index in [4.69, 9.17) is 9.47 Å². The summed E-state index contributed by atoms with van der Waals surface area (Å²) in [4.78, 5) is 14.6. The molecule has 2 unspecified atom stereocenters. The zero-order chi connectivity index (χ0) is 24.4. The number of tetrazole rings is 1. The number of aliphatic hydroxyl groups is 1. The van der Waals surface area contributed by atoms with Crippen LogP contribution in [0.5, 0.6) is 5.75 Å². The van der Waals surface area contributed by atoms with Gasteiger partial charge in [0.05, 0.1) is 25.8 Å². The van der Waals surface area contributed by atoms with Gasteiger partial charge < -0.3 is 19.5 Å². The molecule has 35 heavy (non-hydrogen) atoms. The highest BCUT2D eigenvalue weighted by Crippen LogP contribution is 2.45. The molecule has 0 aliphatic carbocycles. The van der Waals surface area contributed by atoms with Crippen molar-refractivity contribution in [1.82, 2.24) is 25.1 Å². The molecule has 2 aromatic carbocycles. The van der Waals surface area contributed by atoms with Gasteiger partial charge in [-0.3, -0.25) is 4.79 Å². The van der Waals surface area contributed by atoms with E-state index < -0.39 is 17.7 Å². The second kappa shape index (κ2) is 9.75. The highest BCUT2D eigenvalue weighted by atomic mass is 16.5. The molecule has 0 saturated carbocycles. The first-order valence-corrected chi connectivity index (χ1v) is 12.1. The van der Waals surface area contributed by atoms with Crippen molar-refractivity contribution in [3.63, 3.8) is 0 Å². The lowest BCUT2D eigenvalue weighted by Crippen LogP contribution is -2.55. The van der Waals surface area contributed by atoms with Gasteiger partial charge in [-0.15, -0.1) is 5.10 Å². The lowest BCUT2D eigenvalue weighted by Gasteiger charge is -2.47. The van der Waals surface area contributed by atoms with Crippen molar-refractivity contribution in [2.75, 3.05) is 13.2 Å². The Bertz CT molecular complexity index is 1180. The maximum absolute atomic E-state index is 12.8. The summed E-state index contributed by atoms with van der Waals surface area (Å²) in [7, 11) is 0. The van der Waals surface area contributed by atoms with Crippen LogP contribution in [0.3, 0.4) is 0 Å². The minimum atomic E-state index is -0.866. The molecule has 0 spiro atoms. The number of aromatic nitrogens is 4. The summed E-state index contributed by atoms with van der Waals surface area (Å²) >= 11 is 0. The van der Waals surface area contributed by atoms with Gasteiger partial charge in [0.2, 0.25) is 5.91 Å². The monoisotopic (exact) mass is 477 g/mol. The molecule has 2 aliphatic heterocycles. The molecule has 3 aromatic rings. The number of hydrogen-bond donors (Lipinski definition) is 1. The van der Waals surface area contributed by atoms with E-state index in [0.717, 1.165) is 29.5 Å². The van der Waals surface area contributed by atoms with Crippen molar-refractivity contribution < 1.29 is 19.4 Å². The van der Waals surface area contributed by atoms with Crippen molar-refractivity contribution in [3.8, 4) is 17.1 Å². The second-order valence-corrected chi connectivity index (χ2v) is 9.66. The molecular weight excluding hydrogens is 446 g/mol. The molecule has 1 N–H and O–H groups in total. The number of ether oxygens (including phenoxy) is 2. The second-order valence-electron chi connectivity index (χ2n) is 9.66. The normalized spacial score (nSPS) is 21.5. The summed E-state index contributed by atoms with van der Waals surface area (Å²) in [5.74, 6) is 1.33. The van der Waals surface area contributed by atoms with Crippen LogP contribution in [-0.2, 0) is 22.7 Å². The Kier molecular flexibility index (Phi) is 6.53. The van der Waals surface area contributed by atoms with E-state index in [1.807, 2.05) is 62.4 Å². The van der Waals surface area contributed by atoms with Crippen LogP contribution in [0.1, 0.15) is 50.3 Å². The van der Waals surface area contributed by atoms with Crippen molar-refractivity contribution in [3.05, 3.63) is 59.7 Å². The Balaban J connectivity index is 1.38. The first kappa shape index (κ1) is 23.4. The average molecular weight is 478 g/mol. The van der Waals surface area contributed by atoms with Gasteiger partial charge in [0, 0.05) is 24.1 Å². The van der Waals surface area contributed by atoms with Crippen LogP contribution >= 0.6 is 0 Å². The Morgan fingerprint density at radius 3 is 2.80 bits per heavy atom. The van der Waals surface area contributed by atoms with Gasteiger partial charge in [0.25, 0.3) is 0 Å². The number of carbonyl (C=O) groups excluding carboxylic acids is 1. The number of fused-ring (bicyclic) bond motifs is 1. The Labute approximate surface area is 204 Å². The molecule has 1 saturated heterocycles. The standard InChI is InChI=1S/C26H31N5O4/c1-26(2)24(33)23(30-13-7-6-10-22(30)32)20-16-19(11-12-21(20)35-26)25-27-28-29-31(25)14-15-34-17-18-8-4-3-5-9-18/h3-5,8-9,11-12,16,23-24,33H,6-7,10,13-15,17H2,1-2H3. The van der Waals surface area contributed by atoms with E-state index >= 15 is 0 Å². The number of aliphatic hydroxyl groups excluding tert-OH is 1. The molecule has 1 amide bonds. The molecule has 3 heterocycles. The first-order valence-electron chi connectivity index (χ1n) is 12.1. The minimum Gasteiger partial charge on any atom is -0.485 e. The lowest BCUT2D eigenvalue weighted by atomic mass is 9.84. The van der Waals surface area contributed by atoms with Crippen molar-refractivity contribution in [1.29, 1.82) is 0 Å². The van der Waals surface area contributed by atoms with Crippen LogP contribution in [-0.4, -0.2) is 61.0 Å². The summed E-state index contributed by atoms with van der Waals surface area (Å²) in [5, 5.41) is 23.5. The molecular formula is C26H31N5O4. The molecule has 184 valence electrons. The fourth-order valence-corrected chi connectivity index (χ4v) is 4.84. The fraction of sp³-hybridized carbons (Fsp3) is 0.462. The predicted octanol–water partition coefficient (Wildman–Crippen LogP) is 3.14. The number of hydrogen-bond acceptors (Lipinski definition) is 7. The zero-order valence-corrected chi connectivity index (χ0v) is 20.1. The van der Waals surface area contributed by atoms with Gasteiger partial charge in [0.15, 0.2) is 5.82 Å². The summed E-state index contributed by atoms with van der Waals surface area (Å²) in [5.41, 5.74) is 1.86. The van der Waals surface area contributed by atoms with Crippen LogP contribution in [0.15, 0.2) is 48.5 Å². The summed E-state index contributed by atoms with van der Waals surface area (Å²) in [6.07, 6.45) is 1.44.